The largest absolute Gasteiger partial charge is 0.388 e. The Kier molecular flexibility index (Phi) is 2.56. The molecule has 2 aromatic rings. The third-order valence-corrected chi connectivity index (χ3v) is 3.06. The Morgan fingerprint density at radius 3 is 2.86 bits per heavy atom. The van der Waals surface area contributed by atoms with E-state index in [-0.39, 0.29) is 0 Å². The van der Waals surface area contributed by atoms with Crippen LogP contribution in [-0.4, -0.2) is 15.1 Å². The van der Waals surface area contributed by atoms with Crippen LogP contribution >= 0.6 is 11.3 Å². The van der Waals surface area contributed by atoms with Gasteiger partial charge in [-0.3, -0.25) is 4.98 Å². The minimum absolute atomic E-state index is 0.446. The normalized spacial score (nSPS) is 12.7. The molecule has 3 nitrogen and oxygen atoms in total. The first kappa shape index (κ1) is 9.30. The van der Waals surface area contributed by atoms with Crippen molar-refractivity contribution in [2.24, 2.45) is 0 Å². The van der Waals surface area contributed by atoms with E-state index in [1.807, 2.05) is 12.1 Å². The highest BCUT2D eigenvalue weighted by atomic mass is 32.1. The minimum Gasteiger partial charge on any atom is -0.388 e. The molecule has 1 atom stereocenters. The molecule has 1 N–H and O–H groups in total. The summed E-state index contributed by atoms with van der Waals surface area (Å²) in [5.74, 6) is 0. The van der Waals surface area contributed by atoms with Crippen molar-refractivity contribution in [3.05, 3.63) is 35.6 Å². The van der Waals surface area contributed by atoms with E-state index in [0.717, 1.165) is 15.4 Å². The summed E-state index contributed by atoms with van der Waals surface area (Å²) in [6.45, 7) is 1.74. The first-order chi connectivity index (χ1) is 6.77. The number of thiazole rings is 1. The lowest BCUT2D eigenvalue weighted by Gasteiger charge is -1.96. The topological polar surface area (TPSA) is 46.0 Å². The molecule has 0 saturated heterocycles. The van der Waals surface area contributed by atoms with E-state index >= 15 is 0 Å². The van der Waals surface area contributed by atoms with E-state index in [4.69, 9.17) is 0 Å². The SMILES string of the molecule is CC(O)c1cnc(-c2cccnc2)s1. The summed E-state index contributed by atoms with van der Waals surface area (Å²) in [6, 6.07) is 3.83. The molecule has 0 bridgehead atoms. The van der Waals surface area contributed by atoms with Crippen LogP contribution in [0.25, 0.3) is 10.6 Å². The van der Waals surface area contributed by atoms with Gasteiger partial charge in [0.15, 0.2) is 0 Å². The molecule has 2 heterocycles. The van der Waals surface area contributed by atoms with Crippen molar-refractivity contribution in [1.82, 2.24) is 9.97 Å². The quantitative estimate of drug-likeness (QED) is 0.819. The van der Waals surface area contributed by atoms with Crippen LogP contribution in [0.1, 0.15) is 17.9 Å². The Morgan fingerprint density at radius 2 is 2.29 bits per heavy atom. The van der Waals surface area contributed by atoms with Gasteiger partial charge in [0.05, 0.1) is 11.0 Å². The van der Waals surface area contributed by atoms with Crippen LogP contribution in [0.15, 0.2) is 30.7 Å². The van der Waals surface area contributed by atoms with Gasteiger partial charge in [-0.15, -0.1) is 11.3 Å². The lowest BCUT2D eigenvalue weighted by molar-refractivity contribution is 0.203. The molecule has 0 aliphatic heterocycles. The number of nitrogens with zero attached hydrogens (tertiary/aromatic N) is 2. The average molecular weight is 206 g/mol. The van der Waals surface area contributed by atoms with Crippen LogP contribution in [-0.2, 0) is 0 Å². The molecule has 14 heavy (non-hydrogen) atoms. The fourth-order valence-corrected chi connectivity index (χ4v) is 1.95. The molecule has 2 aromatic heterocycles. The van der Waals surface area contributed by atoms with Gasteiger partial charge in [-0.2, -0.15) is 0 Å². The van der Waals surface area contributed by atoms with E-state index in [2.05, 4.69) is 9.97 Å². The maximum Gasteiger partial charge on any atom is 0.125 e. The molecule has 0 amide bonds. The molecule has 0 saturated carbocycles. The van der Waals surface area contributed by atoms with E-state index in [1.54, 1.807) is 25.5 Å². The smallest absolute Gasteiger partial charge is 0.125 e. The molecule has 1 unspecified atom stereocenters. The summed E-state index contributed by atoms with van der Waals surface area (Å²) in [7, 11) is 0. The highest BCUT2D eigenvalue weighted by Gasteiger charge is 2.07. The monoisotopic (exact) mass is 206 g/mol. The number of aromatic nitrogens is 2. The van der Waals surface area contributed by atoms with Crippen LogP contribution in [0.2, 0.25) is 0 Å². The zero-order valence-electron chi connectivity index (χ0n) is 7.71. The molecule has 0 aliphatic carbocycles. The summed E-state index contributed by atoms with van der Waals surface area (Å²) in [5, 5.41) is 10.2. The van der Waals surface area contributed by atoms with Crippen LogP contribution in [0.4, 0.5) is 0 Å². The van der Waals surface area contributed by atoms with Crippen molar-refractivity contribution in [3.8, 4) is 10.6 Å². The van der Waals surface area contributed by atoms with Crippen LogP contribution in [0.3, 0.4) is 0 Å². The standard InChI is InChI=1S/C10H10N2OS/c1-7(13)9-6-12-10(14-9)8-3-2-4-11-5-8/h2-7,13H,1H3. The summed E-state index contributed by atoms with van der Waals surface area (Å²) in [5.41, 5.74) is 0.990. The van der Waals surface area contributed by atoms with Gasteiger partial charge in [0.2, 0.25) is 0 Å². The van der Waals surface area contributed by atoms with Crippen molar-refractivity contribution in [3.63, 3.8) is 0 Å². The van der Waals surface area contributed by atoms with Gasteiger partial charge in [-0.05, 0) is 19.1 Å². The fraction of sp³-hybridized carbons (Fsp3) is 0.200. The van der Waals surface area contributed by atoms with E-state index < -0.39 is 6.10 Å². The third kappa shape index (κ3) is 1.81. The van der Waals surface area contributed by atoms with Crippen molar-refractivity contribution >= 4 is 11.3 Å². The van der Waals surface area contributed by atoms with Crippen LogP contribution < -0.4 is 0 Å². The van der Waals surface area contributed by atoms with Gasteiger partial charge in [-0.1, -0.05) is 0 Å². The van der Waals surface area contributed by atoms with Crippen LogP contribution in [0.5, 0.6) is 0 Å². The Bertz CT molecular complexity index is 411. The van der Waals surface area contributed by atoms with Crippen molar-refractivity contribution in [2.75, 3.05) is 0 Å². The molecule has 4 heteroatoms. The second-order valence-electron chi connectivity index (χ2n) is 2.99. The van der Waals surface area contributed by atoms with E-state index in [1.165, 1.54) is 11.3 Å². The maximum absolute atomic E-state index is 9.34. The first-order valence-electron chi connectivity index (χ1n) is 4.31. The van der Waals surface area contributed by atoms with Crippen molar-refractivity contribution in [1.29, 1.82) is 0 Å². The Balaban J connectivity index is 2.34. The van der Waals surface area contributed by atoms with Gasteiger partial charge >= 0.3 is 0 Å². The lowest BCUT2D eigenvalue weighted by atomic mass is 10.3. The van der Waals surface area contributed by atoms with E-state index in [9.17, 15) is 5.11 Å². The summed E-state index contributed by atoms with van der Waals surface area (Å²) in [6.07, 6.45) is 4.76. The number of hydrogen-bond donors (Lipinski definition) is 1. The first-order valence-corrected chi connectivity index (χ1v) is 5.13. The molecule has 0 fully saturated rings. The van der Waals surface area contributed by atoms with Gasteiger partial charge in [0, 0.05) is 24.2 Å². The zero-order chi connectivity index (χ0) is 9.97. The highest BCUT2D eigenvalue weighted by Crippen LogP contribution is 2.27. The number of pyridine rings is 1. The summed E-state index contributed by atoms with van der Waals surface area (Å²) < 4.78 is 0. The Morgan fingerprint density at radius 1 is 1.43 bits per heavy atom. The minimum atomic E-state index is -0.446. The molecule has 0 aromatic carbocycles. The zero-order valence-corrected chi connectivity index (χ0v) is 8.53. The van der Waals surface area contributed by atoms with E-state index in [0.29, 0.717) is 0 Å². The lowest BCUT2D eigenvalue weighted by Crippen LogP contribution is -1.83. The molecule has 2 rings (SSSR count). The van der Waals surface area contributed by atoms with Gasteiger partial charge in [0.25, 0.3) is 0 Å². The number of hydrogen-bond acceptors (Lipinski definition) is 4. The maximum atomic E-state index is 9.34. The van der Waals surface area contributed by atoms with Gasteiger partial charge in [-0.25, -0.2) is 4.98 Å². The summed E-state index contributed by atoms with van der Waals surface area (Å²) in [4.78, 5) is 9.12. The molecule has 72 valence electrons. The summed E-state index contributed by atoms with van der Waals surface area (Å²) >= 11 is 1.49. The third-order valence-electron chi connectivity index (χ3n) is 1.84. The second-order valence-corrected chi connectivity index (χ2v) is 4.05. The Labute approximate surface area is 86.1 Å². The average Bonchev–Trinajstić information content (AvgIpc) is 2.68. The Hall–Kier alpha value is -1.26. The number of rotatable bonds is 2. The highest BCUT2D eigenvalue weighted by molar-refractivity contribution is 7.15. The predicted molar refractivity (Wildman–Crippen MR) is 56.0 cm³/mol. The number of aliphatic hydroxyl groups is 1. The molecule has 0 spiro atoms. The van der Waals surface area contributed by atoms with Gasteiger partial charge < -0.3 is 5.11 Å². The fourth-order valence-electron chi connectivity index (χ4n) is 1.10. The molecule has 0 radical (unpaired) electrons. The predicted octanol–water partition coefficient (Wildman–Crippen LogP) is 2.26. The number of aliphatic hydroxyl groups excluding tert-OH is 1. The van der Waals surface area contributed by atoms with Crippen LogP contribution in [0, 0.1) is 0 Å². The van der Waals surface area contributed by atoms with Gasteiger partial charge in [0.1, 0.15) is 5.01 Å². The molecule has 0 aliphatic rings. The molecular formula is C10H10N2OS. The van der Waals surface area contributed by atoms with Crippen molar-refractivity contribution in [2.45, 2.75) is 13.0 Å². The second kappa shape index (κ2) is 3.86. The molecular weight excluding hydrogens is 196 g/mol. The van der Waals surface area contributed by atoms with Crippen molar-refractivity contribution < 1.29 is 5.11 Å².